The summed E-state index contributed by atoms with van der Waals surface area (Å²) in [4.78, 5) is 9.78. The number of alkyl halides is 2. The minimum Gasteiger partial charge on any atom is -0.368 e. The van der Waals surface area contributed by atoms with Crippen molar-refractivity contribution < 1.29 is 4.79 Å². The van der Waals surface area contributed by atoms with E-state index >= 15 is 0 Å². The molecule has 0 aliphatic rings. The zero-order valence-electron chi connectivity index (χ0n) is 2.82. The summed E-state index contributed by atoms with van der Waals surface area (Å²) in [5.74, 6) is -0.489. The average Bonchev–Trinajstić information content (AvgIpc) is 1.36. The zero-order valence-corrected chi connectivity index (χ0v) is 5.73. The summed E-state index contributed by atoms with van der Waals surface area (Å²) in [5, 5.41) is 0. The van der Waals surface area contributed by atoms with Crippen LogP contribution in [0.1, 0.15) is 0 Å². The van der Waals surface area contributed by atoms with Gasteiger partial charge in [-0.3, -0.25) is 4.79 Å². The van der Waals surface area contributed by atoms with Crippen molar-refractivity contribution >= 4 is 40.1 Å². The van der Waals surface area contributed by atoms with Gasteiger partial charge in [-0.1, -0.05) is 22.6 Å². The predicted octanol–water partition coefficient (Wildman–Crippen LogP) is 0.472. The van der Waals surface area contributed by atoms with E-state index < -0.39 is 9.29 Å². The molecule has 0 aromatic carbocycles. The fraction of sp³-hybridized carbons (Fsp3) is 0.500. The highest BCUT2D eigenvalue weighted by Crippen LogP contribution is 2.02. The molecule has 6 heavy (non-hydrogen) atoms. The predicted molar refractivity (Wildman–Crippen MR) is 32.9 cm³/mol. The van der Waals surface area contributed by atoms with E-state index in [4.69, 9.17) is 11.6 Å². The molecule has 4 heteroatoms. The third-order valence-electron chi connectivity index (χ3n) is 0.215. The van der Waals surface area contributed by atoms with Crippen LogP contribution in [-0.2, 0) is 4.79 Å². The molecule has 2 N–H and O–H groups in total. The molecule has 0 bridgehead atoms. The standard InChI is InChI=1S/C2H3ClINO/c3-1(4)2(5)6/h1H,(H2,5,6). The molecule has 1 unspecified atom stereocenters. The van der Waals surface area contributed by atoms with Gasteiger partial charge in [0, 0.05) is 0 Å². The highest BCUT2D eigenvalue weighted by Gasteiger charge is 2.01. The lowest BCUT2D eigenvalue weighted by Gasteiger charge is -1.86. The van der Waals surface area contributed by atoms with E-state index in [1.54, 1.807) is 22.6 Å². The number of carbonyl (C=O) groups is 1. The summed E-state index contributed by atoms with van der Waals surface area (Å²) in [6, 6.07) is 0. The maximum absolute atomic E-state index is 9.78. The van der Waals surface area contributed by atoms with Crippen molar-refractivity contribution in [2.45, 2.75) is 3.38 Å². The van der Waals surface area contributed by atoms with Crippen LogP contribution in [-0.4, -0.2) is 9.29 Å². The molecule has 1 atom stereocenters. The Hall–Kier alpha value is 0.490. The van der Waals surface area contributed by atoms with Gasteiger partial charge in [-0.15, -0.1) is 11.6 Å². The number of nitrogens with two attached hydrogens (primary N) is 1. The molecule has 0 heterocycles. The summed E-state index contributed by atoms with van der Waals surface area (Å²) in [6.07, 6.45) is 0. The highest BCUT2D eigenvalue weighted by molar-refractivity contribution is 14.1. The Morgan fingerprint density at radius 2 is 2.17 bits per heavy atom. The van der Waals surface area contributed by atoms with E-state index in [0.717, 1.165) is 0 Å². The number of rotatable bonds is 1. The summed E-state index contributed by atoms with van der Waals surface area (Å²) < 4.78 is -0.567. The van der Waals surface area contributed by atoms with Crippen LogP contribution in [0.25, 0.3) is 0 Å². The van der Waals surface area contributed by atoms with Gasteiger partial charge < -0.3 is 5.73 Å². The highest BCUT2D eigenvalue weighted by atomic mass is 127. The largest absolute Gasteiger partial charge is 0.368 e. The Kier molecular flexibility index (Phi) is 2.84. The minimum absolute atomic E-state index is 0.489. The van der Waals surface area contributed by atoms with Gasteiger partial charge in [0.25, 0.3) is 0 Å². The van der Waals surface area contributed by atoms with E-state index in [0.29, 0.717) is 0 Å². The van der Waals surface area contributed by atoms with E-state index in [1.807, 2.05) is 0 Å². The Bertz CT molecular complexity index is 64.6. The van der Waals surface area contributed by atoms with E-state index in [9.17, 15) is 4.79 Å². The summed E-state index contributed by atoms with van der Waals surface area (Å²) in [5.41, 5.74) is 4.66. The van der Waals surface area contributed by atoms with Crippen molar-refractivity contribution in [2.24, 2.45) is 5.73 Å². The molecule has 0 aliphatic carbocycles. The van der Waals surface area contributed by atoms with Gasteiger partial charge in [0.05, 0.1) is 0 Å². The first-order valence-corrected chi connectivity index (χ1v) is 2.90. The molecule has 36 valence electrons. The first-order valence-electron chi connectivity index (χ1n) is 1.22. The molecule has 0 saturated heterocycles. The fourth-order valence-corrected chi connectivity index (χ4v) is 0. The Labute approximate surface area is 54.2 Å². The summed E-state index contributed by atoms with van der Waals surface area (Å²) in [7, 11) is 0. The van der Waals surface area contributed by atoms with E-state index in [-0.39, 0.29) is 0 Å². The molecular weight excluding hydrogens is 216 g/mol. The number of carbonyl (C=O) groups excluding carboxylic acids is 1. The third kappa shape index (κ3) is 2.71. The van der Waals surface area contributed by atoms with Crippen LogP contribution in [0.15, 0.2) is 0 Å². The van der Waals surface area contributed by atoms with Crippen molar-refractivity contribution in [2.75, 3.05) is 0 Å². The Balaban J connectivity index is 3.26. The quantitative estimate of drug-likeness (QED) is 0.506. The fourth-order valence-electron chi connectivity index (χ4n) is 0. The molecule has 0 fully saturated rings. The second-order valence-electron chi connectivity index (χ2n) is 0.703. The van der Waals surface area contributed by atoms with E-state index in [1.165, 1.54) is 0 Å². The van der Waals surface area contributed by atoms with Crippen LogP contribution in [0.2, 0.25) is 0 Å². The molecule has 0 spiro atoms. The molecule has 0 aliphatic heterocycles. The van der Waals surface area contributed by atoms with Gasteiger partial charge >= 0.3 is 0 Å². The van der Waals surface area contributed by atoms with Crippen LogP contribution in [0.5, 0.6) is 0 Å². The van der Waals surface area contributed by atoms with Crippen LogP contribution in [0.3, 0.4) is 0 Å². The van der Waals surface area contributed by atoms with Crippen molar-refractivity contribution in [3.05, 3.63) is 0 Å². The second-order valence-corrected chi connectivity index (χ2v) is 3.12. The van der Waals surface area contributed by atoms with Gasteiger partial charge in [0.15, 0.2) is 3.38 Å². The van der Waals surface area contributed by atoms with Gasteiger partial charge in [-0.25, -0.2) is 0 Å². The van der Waals surface area contributed by atoms with Crippen LogP contribution in [0.4, 0.5) is 0 Å². The molecule has 0 rings (SSSR count). The van der Waals surface area contributed by atoms with Gasteiger partial charge in [-0.05, 0) is 0 Å². The lowest BCUT2D eigenvalue weighted by atomic mass is 10.8. The molecule has 0 radical (unpaired) electrons. The lowest BCUT2D eigenvalue weighted by Crippen LogP contribution is -2.17. The van der Waals surface area contributed by atoms with Gasteiger partial charge in [-0.2, -0.15) is 0 Å². The van der Waals surface area contributed by atoms with Gasteiger partial charge in [0.2, 0.25) is 5.91 Å². The normalized spacial score (nSPS) is 13.7. The molecule has 2 nitrogen and oxygen atoms in total. The van der Waals surface area contributed by atoms with Gasteiger partial charge in [0.1, 0.15) is 0 Å². The first-order chi connectivity index (χ1) is 2.64. The Morgan fingerprint density at radius 1 is 2.00 bits per heavy atom. The summed E-state index contributed by atoms with van der Waals surface area (Å²) >= 11 is 6.85. The van der Waals surface area contributed by atoms with Crippen molar-refractivity contribution in [3.8, 4) is 0 Å². The second kappa shape index (κ2) is 2.63. The monoisotopic (exact) mass is 219 g/mol. The van der Waals surface area contributed by atoms with Crippen molar-refractivity contribution in [3.63, 3.8) is 0 Å². The van der Waals surface area contributed by atoms with Crippen LogP contribution < -0.4 is 5.73 Å². The van der Waals surface area contributed by atoms with Crippen molar-refractivity contribution in [1.29, 1.82) is 0 Å². The lowest BCUT2D eigenvalue weighted by molar-refractivity contribution is -0.116. The SMILES string of the molecule is NC(=O)C(Cl)I. The first kappa shape index (κ1) is 6.49. The molecule has 0 aromatic heterocycles. The number of hydrogen-bond donors (Lipinski definition) is 1. The molecular formula is C2H3ClINO. The maximum Gasteiger partial charge on any atom is 0.245 e. The van der Waals surface area contributed by atoms with E-state index in [2.05, 4.69) is 5.73 Å². The molecule has 0 aromatic rings. The summed E-state index contributed by atoms with van der Waals surface area (Å²) in [6.45, 7) is 0. The number of amides is 1. The third-order valence-corrected chi connectivity index (χ3v) is 1.04. The average molecular weight is 219 g/mol. The molecule has 1 amide bonds. The minimum atomic E-state index is -0.567. The maximum atomic E-state index is 9.78. The van der Waals surface area contributed by atoms with Crippen LogP contribution >= 0.6 is 34.2 Å². The topological polar surface area (TPSA) is 43.1 Å². The number of halogens is 2. The van der Waals surface area contributed by atoms with Crippen LogP contribution in [0, 0.1) is 0 Å². The molecule has 0 saturated carbocycles. The Morgan fingerprint density at radius 3 is 2.17 bits per heavy atom. The number of primary amides is 1. The number of hydrogen-bond acceptors (Lipinski definition) is 1. The smallest absolute Gasteiger partial charge is 0.245 e. The van der Waals surface area contributed by atoms with Crippen molar-refractivity contribution in [1.82, 2.24) is 0 Å². The zero-order chi connectivity index (χ0) is 5.15.